The van der Waals surface area contributed by atoms with Crippen molar-refractivity contribution in [1.82, 2.24) is 20.6 Å². The van der Waals surface area contributed by atoms with Crippen LogP contribution in [0.1, 0.15) is 16.1 Å². The van der Waals surface area contributed by atoms with E-state index in [0.717, 1.165) is 5.56 Å². The minimum atomic E-state index is -1.07. The van der Waals surface area contributed by atoms with Crippen LogP contribution >= 0.6 is 11.6 Å². The van der Waals surface area contributed by atoms with Crippen LogP contribution in [-0.2, 0) is 11.3 Å². The van der Waals surface area contributed by atoms with Crippen molar-refractivity contribution in [3.63, 3.8) is 0 Å². The van der Waals surface area contributed by atoms with Crippen LogP contribution in [0.15, 0.2) is 42.9 Å². The van der Waals surface area contributed by atoms with E-state index < -0.39 is 24.5 Å². The average molecular weight is 335 g/mol. The first-order chi connectivity index (χ1) is 11.1. The molecule has 2 rings (SSSR count). The number of carbonyl (C=O) groups excluding carboxylic acids is 2. The van der Waals surface area contributed by atoms with Crippen molar-refractivity contribution in [1.29, 1.82) is 0 Å². The third-order valence-corrected chi connectivity index (χ3v) is 3.23. The van der Waals surface area contributed by atoms with Crippen molar-refractivity contribution in [2.24, 2.45) is 0 Å². The topological polar surface area (TPSA) is 104 Å². The zero-order valence-electron chi connectivity index (χ0n) is 12.1. The van der Waals surface area contributed by atoms with Crippen LogP contribution in [0, 0.1) is 0 Å². The van der Waals surface area contributed by atoms with Crippen LogP contribution < -0.4 is 10.6 Å². The Kier molecular flexibility index (Phi) is 6.02. The Balaban J connectivity index is 1.90. The molecule has 1 aromatic heterocycles. The summed E-state index contributed by atoms with van der Waals surface area (Å²) >= 11 is 5.78. The van der Waals surface area contributed by atoms with Gasteiger partial charge in [-0.3, -0.25) is 14.6 Å². The van der Waals surface area contributed by atoms with Gasteiger partial charge in [-0.25, -0.2) is 4.98 Å². The Morgan fingerprint density at radius 2 is 1.96 bits per heavy atom. The lowest BCUT2D eigenvalue weighted by atomic mass is 10.2. The third kappa shape index (κ3) is 5.01. The maximum absolute atomic E-state index is 12.0. The molecule has 0 bridgehead atoms. The zero-order valence-corrected chi connectivity index (χ0v) is 12.8. The average Bonchev–Trinajstić information content (AvgIpc) is 2.59. The summed E-state index contributed by atoms with van der Waals surface area (Å²) in [6.07, 6.45) is 4.07. The highest BCUT2D eigenvalue weighted by molar-refractivity contribution is 6.30. The van der Waals surface area contributed by atoms with E-state index >= 15 is 0 Å². The maximum Gasteiger partial charge on any atom is 0.272 e. The summed E-state index contributed by atoms with van der Waals surface area (Å²) < 4.78 is 0. The van der Waals surface area contributed by atoms with Gasteiger partial charge >= 0.3 is 0 Å². The summed E-state index contributed by atoms with van der Waals surface area (Å²) in [4.78, 5) is 31.5. The van der Waals surface area contributed by atoms with Crippen LogP contribution in [0.2, 0.25) is 5.02 Å². The van der Waals surface area contributed by atoms with Crippen molar-refractivity contribution in [3.05, 3.63) is 59.1 Å². The third-order valence-electron chi connectivity index (χ3n) is 2.98. The van der Waals surface area contributed by atoms with Gasteiger partial charge in [0.15, 0.2) is 0 Å². The number of rotatable bonds is 6. The molecular formula is C15H15ClN4O3. The summed E-state index contributed by atoms with van der Waals surface area (Å²) in [7, 11) is 0. The second-order valence-corrected chi connectivity index (χ2v) is 5.08. The van der Waals surface area contributed by atoms with Gasteiger partial charge in [-0.15, -0.1) is 0 Å². The van der Waals surface area contributed by atoms with E-state index in [1.165, 1.54) is 18.6 Å². The quantitative estimate of drug-likeness (QED) is 0.715. The number of nitrogens with zero attached hydrogens (tertiary/aromatic N) is 2. The van der Waals surface area contributed by atoms with Crippen LogP contribution in [-0.4, -0.2) is 39.5 Å². The van der Waals surface area contributed by atoms with Crippen LogP contribution in [0.3, 0.4) is 0 Å². The zero-order chi connectivity index (χ0) is 16.7. The Morgan fingerprint density at radius 3 is 2.57 bits per heavy atom. The molecule has 3 N–H and O–H groups in total. The summed E-state index contributed by atoms with van der Waals surface area (Å²) in [5.74, 6) is -1.08. The smallest absolute Gasteiger partial charge is 0.272 e. The van der Waals surface area contributed by atoms with Gasteiger partial charge in [-0.05, 0) is 17.7 Å². The molecule has 2 aromatic rings. The number of hydrogen-bond donors (Lipinski definition) is 3. The van der Waals surface area contributed by atoms with E-state index in [1.54, 1.807) is 24.3 Å². The molecule has 7 nitrogen and oxygen atoms in total. The highest BCUT2D eigenvalue weighted by Gasteiger charge is 2.21. The van der Waals surface area contributed by atoms with Gasteiger partial charge in [-0.2, -0.15) is 0 Å². The van der Waals surface area contributed by atoms with Crippen molar-refractivity contribution < 1.29 is 14.7 Å². The number of nitrogens with one attached hydrogen (secondary N) is 2. The Hall–Kier alpha value is -2.51. The van der Waals surface area contributed by atoms with Gasteiger partial charge in [0.2, 0.25) is 5.91 Å². The molecule has 0 aliphatic carbocycles. The first kappa shape index (κ1) is 16.9. The predicted molar refractivity (Wildman–Crippen MR) is 83.7 cm³/mol. The molecule has 1 atom stereocenters. The lowest BCUT2D eigenvalue weighted by Crippen LogP contribution is -2.48. The van der Waals surface area contributed by atoms with Crippen molar-refractivity contribution >= 4 is 23.4 Å². The molecule has 1 heterocycles. The van der Waals surface area contributed by atoms with Gasteiger partial charge in [-0.1, -0.05) is 23.7 Å². The number of aromatic nitrogens is 2. The van der Waals surface area contributed by atoms with Crippen molar-refractivity contribution in [3.8, 4) is 0 Å². The number of amides is 2. The number of aliphatic hydroxyl groups is 1. The van der Waals surface area contributed by atoms with Crippen LogP contribution in [0.25, 0.3) is 0 Å². The van der Waals surface area contributed by atoms with Gasteiger partial charge in [0.1, 0.15) is 11.7 Å². The molecule has 0 radical (unpaired) electrons. The summed E-state index contributed by atoms with van der Waals surface area (Å²) in [6, 6.07) is 5.89. The molecule has 1 unspecified atom stereocenters. The molecule has 0 aliphatic rings. The SMILES string of the molecule is O=C(NC(CO)C(=O)NCc1ccc(Cl)cc1)c1cnccn1. The normalized spacial score (nSPS) is 11.6. The molecule has 23 heavy (non-hydrogen) atoms. The minimum Gasteiger partial charge on any atom is -0.394 e. The number of carbonyl (C=O) groups is 2. The largest absolute Gasteiger partial charge is 0.394 e. The van der Waals surface area contributed by atoms with Gasteiger partial charge < -0.3 is 15.7 Å². The van der Waals surface area contributed by atoms with E-state index in [-0.39, 0.29) is 12.2 Å². The molecule has 0 fully saturated rings. The van der Waals surface area contributed by atoms with Crippen molar-refractivity contribution in [2.45, 2.75) is 12.6 Å². The first-order valence-electron chi connectivity index (χ1n) is 6.80. The molecule has 120 valence electrons. The van der Waals surface area contributed by atoms with Gasteiger partial charge in [0.05, 0.1) is 12.8 Å². The number of halogens is 1. The number of aliphatic hydroxyl groups excluding tert-OH is 1. The van der Waals surface area contributed by atoms with E-state index in [4.69, 9.17) is 11.6 Å². The number of hydrogen-bond acceptors (Lipinski definition) is 5. The van der Waals surface area contributed by atoms with Crippen LogP contribution in [0.4, 0.5) is 0 Å². The summed E-state index contributed by atoms with van der Waals surface area (Å²) in [5.41, 5.74) is 0.913. The van der Waals surface area contributed by atoms with E-state index in [1.807, 2.05) is 0 Å². The molecule has 1 aromatic carbocycles. The predicted octanol–water partition coefficient (Wildman–Crippen LogP) is 0.537. The molecule has 2 amide bonds. The fourth-order valence-corrected chi connectivity index (χ4v) is 1.88. The number of benzene rings is 1. The highest BCUT2D eigenvalue weighted by atomic mass is 35.5. The Bertz CT molecular complexity index is 664. The Labute approximate surface area is 137 Å². The maximum atomic E-state index is 12.0. The van der Waals surface area contributed by atoms with E-state index in [2.05, 4.69) is 20.6 Å². The second kappa shape index (κ2) is 8.21. The van der Waals surface area contributed by atoms with Gasteiger partial charge in [0, 0.05) is 24.0 Å². The lowest BCUT2D eigenvalue weighted by Gasteiger charge is -2.16. The standard InChI is InChI=1S/C15H15ClN4O3/c16-11-3-1-10(2-4-11)7-19-14(22)13(9-21)20-15(23)12-8-17-5-6-18-12/h1-6,8,13,21H,7,9H2,(H,19,22)(H,20,23). The molecule has 0 saturated carbocycles. The first-order valence-corrected chi connectivity index (χ1v) is 7.18. The molecule has 8 heteroatoms. The molecular weight excluding hydrogens is 320 g/mol. The fourth-order valence-electron chi connectivity index (χ4n) is 1.76. The van der Waals surface area contributed by atoms with Crippen molar-refractivity contribution in [2.75, 3.05) is 6.61 Å². The molecule has 0 aliphatic heterocycles. The summed E-state index contributed by atoms with van der Waals surface area (Å²) in [5, 5.41) is 14.9. The van der Waals surface area contributed by atoms with E-state index in [0.29, 0.717) is 5.02 Å². The highest BCUT2D eigenvalue weighted by Crippen LogP contribution is 2.09. The van der Waals surface area contributed by atoms with E-state index in [9.17, 15) is 14.7 Å². The minimum absolute atomic E-state index is 0.0662. The molecule has 0 saturated heterocycles. The second-order valence-electron chi connectivity index (χ2n) is 4.64. The fraction of sp³-hybridized carbons (Fsp3) is 0.200. The summed E-state index contributed by atoms with van der Waals surface area (Å²) in [6.45, 7) is -0.272. The lowest BCUT2D eigenvalue weighted by molar-refractivity contribution is -0.124. The van der Waals surface area contributed by atoms with Crippen LogP contribution in [0.5, 0.6) is 0 Å². The van der Waals surface area contributed by atoms with Gasteiger partial charge in [0.25, 0.3) is 5.91 Å². The molecule has 0 spiro atoms. The monoisotopic (exact) mass is 334 g/mol. The Morgan fingerprint density at radius 1 is 1.22 bits per heavy atom.